The lowest BCUT2D eigenvalue weighted by Gasteiger charge is -2.20. The Morgan fingerprint density at radius 3 is 2.67 bits per heavy atom. The molecule has 2 heteroatoms. The monoisotopic (exact) mass is 240 g/mol. The van der Waals surface area contributed by atoms with Gasteiger partial charge in [-0.3, -0.25) is 4.98 Å². The Labute approximate surface area is 108 Å². The Kier molecular flexibility index (Phi) is 2.37. The third-order valence-electron chi connectivity index (χ3n) is 3.92. The van der Waals surface area contributed by atoms with Crippen molar-refractivity contribution in [1.29, 1.82) is 0 Å². The summed E-state index contributed by atoms with van der Waals surface area (Å²) >= 11 is 0. The van der Waals surface area contributed by atoms with Gasteiger partial charge < -0.3 is 5.73 Å². The summed E-state index contributed by atoms with van der Waals surface area (Å²) in [5.74, 6) is 0. The largest absolute Gasteiger partial charge is 0.398 e. The highest BCUT2D eigenvalue weighted by Crippen LogP contribution is 2.34. The van der Waals surface area contributed by atoms with E-state index in [2.05, 4.69) is 39.0 Å². The summed E-state index contributed by atoms with van der Waals surface area (Å²) in [6.45, 7) is 6.68. The third-order valence-corrected chi connectivity index (χ3v) is 3.92. The number of fused-ring (bicyclic) bond motifs is 2. The molecular weight excluding hydrogens is 220 g/mol. The molecule has 1 aromatic heterocycles. The Morgan fingerprint density at radius 2 is 1.94 bits per heavy atom. The van der Waals surface area contributed by atoms with Gasteiger partial charge in [-0.25, -0.2) is 0 Å². The van der Waals surface area contributed by atoms with E-state index in [1.54, 1.807) is 0 Å². The molecule has 1 heterocycles. The molecule has 94 valence electrons. The zero-order valence-corrected chi connectivity index (χ0v) is 11.4. The average molecular weight is 240 g/mol. The van der Waals surface area contributed by atoms with Crippen LogP contribution < -0.4 is 5.73 Å². The second-order valence-corrected chi connectivity index (χ2v) is 6.29. The first-order valence-corrected chi connectivity index (χ1v) is 6.68. The van der Waals surface area contributed by atoms with Gasteiger partial charge in [-0.15, -0.1) is 0 Å². The molecule has 0 saturated heterocycles. The number of nitrogens with zero attached hydrogens (tertiary/aromatic N) is 1. The first-order chi connectivity index (χ1) is 8.47. The Hall–Kier alpha value is -1.57. The number of nitrogens with two attached hydrogens (primary N) is 1. The first kappa shape index (κ1) is 11.5. The van der Waals surface area contributed by atoms with Crippen molar-refractivity contribution in [2.24, 2.45) is 0 Å². The molecule has 0 amide bonds. The van der Waals surface area contributed by atoms with Crippen LogP contribution in [-0.2, 0) is 18.3 Å². The van der Waals surface area contributed by atoms with Gasteiger partial charge in [0.05, 0.1) is 5.52 Å². The minimum absolute atomic E-state index is 0.152. The summed E-state index contributed by atoms with van der Waals surface area (Å²) in [6, 6.07) is 6.51. The molecule has 0 fully saturated rings. The lowest BCUT2D eigenvalue weighted by molar-refractivity contribution is 0.591. The number of benzene rings is 1. The van der Waals surface area contributed by atoms with Gasteiger partial charge in [-0.2, -0.15) is 0 Å². The predicted octanol–water partition coefficient (Wildman–Crippen LogP) is 3.60. The SMILES string of the molecule is CC(C)(C)c1ccc2nc3c(c(N)c2c1)CCC3. The maximum Gasteiger partial charge on any atom is 0.0726 e. The Balaban J connectivity index is 2.28. The number of hydrogen-bond acceptors (Lipinski definition) is 2. The Bertz CT molecular complexity index is 621. The molecule has 0 radical (unpaired) electrons. The molecule has 2 nitrogen and oxygen atoms in total. The highest BCUT2D eigenvalue weighted by molar-refractivity contribution is 5.93. The van der Waals surface area contributed by atoms with Gasteiger partial charge in [0.25, 0.3) is 0 Å². The molecule has 1 aromatic carbocycles. The van der Waals surface area contributed by atoms with Crippen molar-refractivity contribution in [1.82, 2.24) is 4.98 Å². The standard InChI is InChI=1S/C16H20N2/c1-16(2,3)10-7-8-14-12(9-10)15(17)11-5-4-6-13(11)18-14/h7-9H,4-6H2,1-3H3,(H2,17,18). The minimum Gasteiger partial charge on any atom is -0.398 e. The van der Waals surface area contributed by atoms with E-state index in [9.17, 15) is 0 Å². The lowest BCUT2D eigenvalue weighted by Crippen LogP contribution is -2.11. The van der Waals surface area contributed by atoms with Gasteiger partial charge in [0.15, 0.2) is 0 Å². The van der Waals surface area contributed by atoms with E-state index < -0.39 is 0 Å². The van der Waals surface area contributed by atoms with E-state index in [1.165, 1.54) is 23.2 Å². The summed E-state index contributed by atoms with van der Waals surface area (Å²) in [5, 5.41) is 1.13. The van der Waals surface area contributed by atoms with Crippen LogP contribution in [0.25, 0.3) is 10.9 Å². The van der Waals surface area contributed by atoms with Crippen LogP contribution in [0.5, 0.6) is 0 Å². The number of aromatic nitrogens is 1. The number of rotatable bonds is 0. The van der Waals surface area contributed by atoms with E-state index in [0.717, 1.165) is 29.4 Å². The second kappa shape index (κ2) is 3.71. The maximum atomic E-state index is 6.34. The van der Waals surface area contributed by atoms with Crippen LogP contribution in [0.4, 0.5) is 5.69 Å². The highest BCUT2D eigenvalue weighted by Gasteiger charge is 2.20. The molecule has 1 aliphatic rings. The summed E-state index contributed by atoms with van der Waals surface area (Å²) in [7, 11) is 0. The minimum atomic E-state index is 0.152. The quantitative estimate of drug-likeness (QED) is 0.764. The van der Waals surface area contributed by atoms with E-state index >= 15 is 0 Å². The van der Waals surface area contributed by atoms with Crippen LogP contribution in [-0.4, -0.2) is 4.98 Å². The molecule has 2 N–H and O–H groups in total. The van der Waals surface area contributed by atoms with Crippen molar-refractivity contribution in [2.45, 2.75) is 45.4 Å². The Morgan fingerprint density at radius 1 is 1.17 bits per heavy atom. The molecular formula is C16H20N2. The summed E-state index contributed by atoms with van der Waals surface area (Å²) < 4.78 is 0. The van der Waals surface area contributed by atoms with Gasteiger partial charge in [-0.05, 0) is 47.9 Å². The van der Waals surface area contributed by atoms with Gasteiger partial charge in [0.2, 0.25) is 0 Å². The van der Waals surface area contributed by atoms with Gasteiger partial charge in [-0.1, -0.05) is 26.8 Å². The van der Waals surface area contributed by atoms with Crippen molar-refractivity contribution in [2.75, 3.05) is 5.73 Å². The molecule has 0 unspecified atom stereocenters. The molecule has 2 aromatic rings. The highest BCUT2D eigenvalue weighted by atomic mass is 14.7. The maximum absolute atomic E-state index is 6.34. The molecule has 3 rings (SSSR count). The summed E-state index contributed by atoms with van der Waals surface area (Å²) in [4.78, 5) is 4.76. The van der Waals surface area contributed by atoms with Gasteiger partial charge in [0.1, 0.15) is 0 Å². The number of nitrogen functional groups attached to an aromatic ring is 1. The van der Waals surface area contributed by atoms with Gasteiger partial charge >= 0.3 is 0 Å². The van der Waals surface area contributed by atoms with Crippen molar-refractivity contribution < 1.29 is 0 Å². The van der Waals surface area contributed by atoms with Crippen LogP contribution in [0.1, 0.15) is 44.0 Å². The smallest absolute Gasteiger partial charge is 0.0726 e. The van der Waals surface area contributed by atoms with E-state index in [4.69, 9.17) is 10.7 Å². The fraction of sp³-hybridized carbons (Fsp3) is 0.438. The molecule has 0 atom stereocenters. The second-order valence-electron chi connectivity index (χ2n) is 6.29. The van der Waals surface area contributed by atoms with Crippen molar-refractivity contribution in [3.8, 4) is 0 Å². The van der Waals surface area contributed by atoms with Crippen molar-refractivity contribution >= 4 is 16.6 Å². The van der Waals surface area contributed by atoms with Crippen LogP contribution in [0.2, 0.25) is 0 Å². The van der Waals surface area contributed by atoms with Crippen LogP contribution in [0.3, 0.4) is 0 Å². The van der Waals surface area contributed by atoms with Crippen LogP contribution in [0, 0.1) is 0 Å². The molecule has 0 spiro atoms. The van der Waals surface area contributed by atoms with E-state index in [0.29, 0.717) is 0 Å². The molecule has 1 aliphatic carbocycles. The fourth-order valence-electron chi connectivity index (χ4n) is 2.77. The third kappa shape index (κ3) is 1.67. The fourth-order valence-corrected chi connectivity index (χ4v) is 2.77. The molecule has 18 heavy (non-hydrogen) atoms. The van der Waals surface area contributed by atoms with E-state index in [1.807, 2.05) is 0 Å². The molecule has 0 saturated carbocycles. The lowest BCUT2D eigenvalue weighted by atomic mass is 9.86. The van der Waals surface area contributed by atoms with Crippen LogP contribution >= 0.6 is 0 Å². The molecule has 0 bridgehead atoms. The van der Waals surface area contributed by atoms with Crippen molar-refractivity contribution in [3.05, 3.63) is 35.0 Å². The number of anilines is 1. The number of hydrogen-bond donors (Lipinski definition) is 1. The predicted molar refractivity (Wildman–Crippen MR) is 76.9 cm³/mol. The van der Waals surface area contributed by atoms with Gasteiger partial charge in [0, 0.05) is 16.8 Å². The topological polar surface area (TPSA) is 38.9 Å². The number of aryl methyl sites for hydroxylation is 1. The summed E-state index contributed by atoms with van der Waals surface area (Å²) in [5.41, 5.74) is 12.3. The zero-order valence-electron chi connectivity index (χ0n) is 11.4. The number of pyridine rings is 1. The van der Waals surface area contributed by atoms with Crippen molar-refractivity contribution in [3.63, 3.8) is 0 Å². The first-order valence-electron chi connectivity index (χ1n) is 6.68. The molecule has 0 aliphatic heterocycles. The average Bonchev–Trinajstić information content (AvgIpc) is 2.76. The summed E-state index contributed by atoms with van der Waals surface area (Å²) in [6.07, 6.45) is 3.36. The zero-order chi connectivity index (χ0) is 12.9. The van der Waals surface area contributed by atoms with E-state index in [-0.39, 0.29) is 5.41 Å². The normalized spacial score (nSPS) is 15.1. The van der Waals surface area contributed by atoms with Crippen LogP contribution in [0.15, 0.2) is 18.2 Å².